The van der Waals surface area contributed by atoms with E-state index in [4.69, 9.17) is 9.72 Å². The maximum absolute atomic E-state index is 5.64. The number of benzene rings is 1. The molecule has 1 saturated heterocycles. The summed E-state index contributed by atoms with van der Waals surface area (Å²) >= 11 is 1.83. The lowest BCUT2D eigenvalue weighted by atomic mass is 9.99. The summed E-state index contributed by atoms with van der Waals surface area (Å²) in [5.41, 5.74) is 3.65. The van der Waals surface area contributed by atoms with Crippen molar-refractivity contribution in [3.63, 3.8) is 0 Å². The van der Waals surface area contributed by atoms with Gasteiger partial charge in [-0.1, -0.05) is 36.4 Å². The third-order valence-electron chi connectivity index (χ3n) is 4.42. The molecule has 1 aliphatic heterocycles. The first-order valence-electron chi connectivity index (χ1n) is 8.12. The second-order valence-corrected chi connectivity index (χ2v) is 6.96. The van der Waals surface area contributed by atoms with E-state index in [1.807, 2.05) is 17.7 Å². The average Bonchev–Trinajstić information content (AvgIpc) is 3.34. The van der Waals surface area contributed by atoms with E-state index in [9.17, 15) is 0 Å². The number of aromatic nitrogens is 2. The van der Waals surface area contributed by atoms with Crippen LogP contribution in [0.1, 0.15) is 22.9 Å². The minimum absolute atomic E-state index is 0.455. The van der Waals surface area contributed by atoms with E-state index in [1.54, 1.807) is 0 Å². The number of thiophene rings is 1. The molecule has 0 aliphatic carbocycles. The number of nitrogens with zero attached hydrogens (tertiary/aromatic N) is 2. The largest absolute Gasteiger partial charge is 0.381 e. The zero-order chi connectivity index (χ0) is 15.5. The molecule has 1 fully saturated rings. The first-order valence-corrected chi connectivity index (χ1v) is 9.00. The molecular formula is C19H20N2OS. The van der Waals surface area contributed by atoms with Gasteiger partial charge in [0.05, 0.1) is 24.3 Å². The predicted octanol–water partition coefficient (Wildman–Crippen LogP) is 4.36. The van der Waals surface area contributed by atoms with Gasteiger partial charge in [-0.25, -0.2) is 4.98 Å². The smallest absolute Gasteiger partial charge is 0.0956 e. The van der Waals surface area contributed by atoms with Crippen molar-refractivity contribution in [2.24, 2.45) is 0 Å². The fourth-order valence-corrected chi connectivity index (χ4v) is 3.95. The standard InChI is InChI=1S/C19H20N2OS/c1-2-5-15(6-3-1)18-19(16-9-11-22-13-16)21(14-20-18)10-8-17-7-4-12-23-17/h1-7,12,14,16H,8-11,13H2/t16-/m1/s1. The summed E-state index contributed by atoms with van der Waals surface area (Å²) in [6, 6.07) is 14.8. The van der Waals surface area contributed by atoms with Gasteiger partial charge in [-0.05, 0) is 24.3 Å². The maximum atomic E-state index is 5.64. The van der Waals surface area contributed by atoms with E-state index < -0.39 is 0 Å². The Balaban J connectivity index is 1.66. The molecule has 1 aromatic carbocycles. The van der Waals surface area contributed by atoms with Crippen LogP contribution in [0.5, 0.6) is 0 Å². The number of ether oxygens (including phenoxy) is 1. The van der Waals surface area contributed by atoms with Gasteiger partial charge in [0.15, 0.2) is 0 Å². The molecule has 3 nitrogen and oxygen atoms in total. The normalized spacial score (nSPS) is 17.7. The number of hydrogen-bond acceptors (Lipinski definition) is 3. The van der Waals surface area contributed by atoms with Crippen molar-refractivity contribution in [2.75, 3.05) is 13.2 Å². The summed E-state index contributed by atoms with van der Waals surface area (Å²) in [6.45, 7) is 2.64. The Labute approximate surface area is 140 Å². The van der Waals surface area contributed by atoms with Crippen molar-refractivity contribution in [1.29, 1.82) is 0 Å². The van der Waals surface area contributed by atoms with Crippen molar-refractivity contribution < 1.29 is 4.74 Å². The summed E-state index contributed by atoms with van der Waals surface area (Å²) < 4.78 is 7.97. The van der Waals surface area contributed by atoms with Gasteiger partial charge in [0, 0.05) is 29.5 Å². The third-order valence-corrected chi connectivity index (χ3v) is 5.36. The maximum Gasteiger partial charge on any atom is 0.0956 e. The second-order valence-electron chi connectivity index (χ2n) is 5.93. The van der Waals surface area contributed by atoms with Crippen molar-refractivity contribution in [3.8, 4) is 11.3 Å². The molecule has 23 heavy (non-hydrogen) atoms. The molecule has 1 atom stereocenters. The van der Waals surface area contributed by atoms with Crippen LogP contribution in [0.15, 0.2) is 54.2 Å². The van der Waals surface area contributed by atoms with E-state index in [0.717, 1.165) is 38.3 Å². The zero-order valence-corrected chi connectivity index (χ0v) is 13.8. The molecule has 1 aliphatic rings. The van der Waals surface area contributed by atoms with Crippen LogP contribution in [0.4, 0.5) is 0 Å². The van der Waals surface area contributed by atoms with Crippen molar-refractivity contribution in [3.05, 3.63) is 64.7 Å². The highest BCUT2D eigenvalue weighted by molar-refractivity contribution is 7.09. The highest BCUT2D eigenvalue weighted by Crippen LogP contribution is 2.33. The molecule has 0 saturated carbocycles. The van der Waals surface area contributed by atoms with Gasteiger partial charge in [0.2, 0.25) is 0 Å². The fourth-order valence-electron chi connectivity index (χ4n) is 3.25. The molecule has 4 rings (SSSR count). The molecule has 0 spiro atoms. The van der Waals surface area contributed by atoms with Crippen LogP contribution < -0.4 is 0 Å². The first kappa shape index (κ1) is 14.7. The highest BCUT2D eigenvalue weighted by atomic mass is 32.1. The van der Waals surface area contributed by atoms with E-state index in [1.165, 1.54) is 16.1 Å². The quantitative estimate of drug-likeness (QED) is 0.697. The van der Waals surface area contributed by atoms with Crippen LogP contribution in [0.25, 0.3) is 11.3 Å². The Kier molecular flexibility index (Phi) is 4.26. The second kappa shape index (κ2) is 6.69. The third kappa shape index (κ3) is 3.09. The number of hydrogen-bond donors (Lipinski definition) is 0. The van der Waals surface area contributed by atoms with Crippen LogP contribution in [-0.2, 0) is 17.7 Å². The Hall–Kier alpha value is -1.91. The van der Waals surface area contributed by atoms with Crippen LogP contribution in [0, 0.1) is 0 Å². The lowest BCUT2D eigenvalue weighted by molar-refractivity contribution is 0.193. The van der Waals surface area contributed by atoms with Crippen molar-refractivity contribution in [1.82, 2.24) is 9.55 Å². The first-order chi connectivity index (χ1) is 11.4. The Morgan fingerprint density at radius 2 is 2.09 bits per heavy atom. The van der Waals surface area contributed by atoms with Gasteiger partial charge < -0.3 is 9.30 Å². The molecule has 0 radical (unpaired) electrons. The summed E-state index contributed by atoms with van der Waals surface area (Å²) in [7, 11) is 0. The molecular weight excluding hydrogens is 304 g/mol. The molecule has 118 valence electrons. The highest BCUT2D eigenvalue weighted by Gasteiger charge is 2.25. The van der Waals surface area contributed by atoms with Gasteiger partial charge >= 0.3 is 0 Å². The van der Waals surface area contributed by atoms with E-state index >= 15 is 0 Å². The van der Waals surface area contributed by atoms with Gasteiger partial charge in [-0.3, -0.25) is 0 Å². The minimum Gasteiger partial charge on any atom is -0.381 e. The SMILES string of the molecule is c1ccc(-c2ncn(CCc3cccs3)c2[C@@H]2CCOC2)cc1. The summed E-state index contributed by atoms with van der Waals surface area (Å²) in [4.78, 5) is 6.17. The van der Waals surface area contributed by atoms with E-state index in [2.05, 4.69) is 52.4 Å². The number of imidazole rings is 1. The minimum atomic E-state index is 0.455. The van der Waals surface area contributed by atoms with E-state index in [-0.39, 0.29) is 0 Å². The van der Waals surface area contributed by atoms with Crippen LogP contribution in [0.2, 0.25) is 0 Å². The number of rotatable bonds is 5. The van der Waals surface area contributed by atoms with Crippen LogP contribution >= 0.6 is 11.3 Å². The molecule has 3 aromatic rings. The Bertz CT molecular complexity index is 743. The molecule has 0 N–H and O–H groups in total. The lowest BCUT2D eigenvalue weighted by Crippen LogP contribution is -2.10. The lowest BCUT2D eigenvalue weighted by Gasteiger charge is -2.14. The van der Waals surface area contributed by atoms with Crippen molar-refractivity contribution in [2.45, 2.75) is 25.3 Å². The molecule has 0 amide bonds. The van der Waals surface area contributed by atoms with Crippen LogP contribution in [-0.4, -0.2) is 22.8 Å². The Morgan fingerprint density at radius 1 is 1.17 bits per heavy atom. The summed E-state index contributed by atoms with van der Waals surface area (Å²) in [5.74, 6) is 0.455. The predicted molar refractivity (Wildman–Crippen MR) is 93.9 cm³/mol. The zero-order valence-electron chi connectivity index (χ0n) is 13.0. The Morgan fingerprint density at radius 3 is 2.83 bits per heavy atom. The summed E-state index contributed by atoms with van der Waals surface area (Å²) in [6.07, 6.45) is 4.15. The molecule has 2 aromatic heterocycles. The van der Waals surface area contributed by atoms with Gasteiger partial charge in [-0.2, -0.15) is 0 Å². The number of aryl methyl sites for hydroxylation is 2. The fraction of sp³-hybridized carbons (Fsp3) is 0.316. The molecule has 0 bridgehead atoms. The van der Waals surface area contributed by atoms with Crippen LogP contribution in [0.3, 0.4) is 0 Å². The van der Waals surface area contributed by atoms with Crippen molar-refractivity contribution >= 4 is 11.3 Å². The van der Waals surface area contributed by atoms with Gasteiger partial charge in [0.25, 0.3) is 0 Å². The average molecular weight is 324 g/mol. The monoisotopic (exact) mass is 324 g/mol. The van der Waals surface area contributed by atoms with E-state index in [0.29, 0.717) is 5.92 Å². The topological polar surface area (TPSA) is 27.1 Å². The molecule has 0 unspecified atom stereocenters. The summed E-state index contributed by atoms with van der Waals surface area (Å²) in [5, 5.41) is 2.14. The molecule has 4 heteroatoms. The van der Waals surface area contributed by atoms with Gasteiger partial charge in [-0.15, -0.1) is 11.3 Å². The molecule has 3 heterocycles. The van der Waals surface area contributed by atoms with Gasteiger partial charge in [0.1, 0.15) is 0 Å².